The molecule has 0 unspecified atom stereocenters. The molecule has 5 heteroatoms. The highest BCUT2D eigenvalue weighted by molar-refractivity contribution is 6.31. The second-order valence-electron chi connectivity index (χ2n) is 5.48. The lowest BCUT2D eigenvalue weighted by Gasteiger charge is -2.13. The van der Waals surface area contributed by atoms with Crippen molar-refractivity contribution in [3.63, 3.8) is 0 Å². The second kappa shape index (κ2) is 6.79. The van der Waals surface area contributed by atoms with E-state index in [0.717, 1.165) is 17.1 Å². The zero-order valence-electron chi connectivity index (χ0n) is 12.2. The number of aromatic nitrogens is 1. The van der Waals surface area contributed by atoms with Gasteiger partial charge in [0.25, 0.3) is 0 Å². The Bertz CT molecular complexity index is 656. The molecule has 0 aliphatic heterocycles. The van der Waals surface area contributed by atoms with Gasteiger partial charge in [0, 0.05) is 29.4 Å². The van der Waals surface area contributed by atoms with Gasteiger partial charge < -0.3 is 10.6 Å². The van der Waals surface area contributed by atoms with Crippen molar-refractivity contribution >= 4 is 28.9 Å². The van der Waals surface area contributed by atoms with Gasteiger partial charge in [0.2, 0.25) is 5.91 Å². The molecule has 2 N–H and O–H groups in total. The van der Waals surface area contributed by atoms with Crippen LogP contribution >= 0.6 is 11.6 Å². The first-order valence-corrected chi connectivity index (χ1v) is 7.84. The summed E-state index contributed by atoms with van der Waals surface area (Å²) in [5, 5.41) is 6.96. The summed E-state index contributed by atoms with van der Waals surface area (Å²) in [6.45, 7) is 0. The first-order valence-electron chi connectivity index (χ1n) is 7.46. The number of rotatable bonds is 6. The molecule has 1 fully saturated rings. The van der Waals surface area contributed by atoms with Crippen LogP contribution in [0.4, 0.5) is 11.4 Å². The van der Waals surface area contributed by atoms with Crippen LogP contribution in [0.1, 0.15) is 25.0 Å². The van der Waals surface area contributed by atoms with Gasteiger partial charge in [-0.05, 0) is 49.6 Å². The SMILES string of the molecule is O=C(CCc1ccccn1)Nc1cc(Cl)ccc1NC1CC1. The highest BCUT2D eigenvalue weighted by Crippen LogP contribution is 2.31. The predicted molar refractivity (Wildman–Crippen MR) is 89.3 cm³/mol. The summed E-state index contributed by atoms with van der Waals surface area (Å²) in [4.78, 5) is 16.4. The number of halogens is 1. The van der Waals surface area contributed by atoms with E-state index in [-0.39, 0.29) is 5.91 Å². The van der Waals surface area contributed by atoms with Crippen molar-refractivity contribution in [1.29, 1.82) is 0 Å². The molecule has 1 aliphatic carbocycles. The number of nitrogens with one attached hydrogen (secondary N) is 2. The van der Waals surface area contributed by atoms with Crippen LogP contribution in [-0.4, -0.2) is 16.9 Å². The maximum atomic E-state index is 12.1. The lowest BCUT2D eigenvalue weighted by Crippen LogP contribution is -2.14. The van der Waals surface area contributed by atoms with Crippen LogP contribution in [0.25, 0.3) is 0 Å². The topological polar surface area (TPSA) is 54.0 Å². The monoisotopic (exact) mass is 315 g/mol. The standard InChI is InChI=1S/C17H18ClN3O/c18-12-4-8-15(20-14-5-6-14)16(11-12)21-17(22)9-7-13-3-1-2-10-19-13/h1-4,8,10-11,14,20H,5-7,9H2,(H,21,22). The van der Waals surface area contributed by atoms with Crippen LogP contribution in [0.5, 0.6) is 0 Å². The minimum absolute atomic E-state index is 0.0354. The zero-order valence-corrected chi connectivity index (χ0v) is 12.9. The molecule has 3 rings (SSSR count). The lowest BCUT2D eigenvalue weighted by molar-refractivity contribution is -0.116. The minimum atomic E-state index is -0.0354. The third-order valence-corrected chi connectivity index (χ3v) is 3.76. The van der Waals surface area contributed by atoms with E-state index in [9.17, 15) is 4.79 Å². The average Bonchev–Trinajstić information content (AvgIpc) is 3.33. The normalized spacial score (nSPS) is 13.7. The van der Waals surface area contributed by atoms with E-state index in [1.807, 2.05) is 30.3 Å². The molecule has 114 valence electrons. The van der Waals surface area contributed by atoms with E-state index in [2.05, 4.69) is 15.6 Å². The maximum Gasteiger partial charge on any atom is 0.224 e. The van der Waals surface area contributed by atoms with Crippen molar-refractivity contribution in [2.75, 3.05) is 10.6 Å². The number of hydrogen-bond donors (Lipinski definition) is 2. The van der Waals surface area contributed by atoms with Gasteiger partial charge in [0.15, 0.2) is 0 Å². The number of anilines is 2. The fraction of sp³-hybridized carbons (Fsp3) is 0.294. The summed E-state index contributed by atoms with van der Waals surface area (Å²) >= 11 is 6.04. The van der Waals surface area contributed by atoms with Gasteiger partial charge in [-0.3, -0.25) is 9.78 Å². The number of pyridine rings is 1. The molecule has 1 aromatic carbocycles. The molecule has 1 saturated carbocycles. The molecule has 2 aromatic rings. The minimum Gasteiger partial charge on any atom is -0.381 e. The van der Waals surface area contributed by atoms with Gasteiger partial charge in [0.05, 0.1) is 11.4 Å². The molecular formula is C17H18ClN3O. The van der Waals surface area contributed by atoms with Gasteiger partial charge in [0.1, 0.15) is 0 Å². The number of amides is 1. The smallest absolute Gasteiger partial charge is 0.224 e. The van der Waals surface area contributed by atoms with Crippen LogP contribution in [0, 0.1) is 0 Å². The van der Waals surface area contributed by atoms with E-state index in [1.54, 1.807) is 12.3 Å². The third kappa shape index (κ3) is 4.21. The second-order valence-corrected chi connectivity index (χ2v) is 5.91. The highest BCUT2D eigenvalue weighted by atomic mass is 35.5. The van der Waals surface area contributed by atoms with E-state index >= 15 is 0 Å². The summed E-state index contributed by atoms with van der Waals surface area (Å²) in [5.74, 6) is -0.0354. The van der Waals surface area contributed by atoms with Crippen LogP contribution in [0.2, 0.25) is 5.02 Å². The molecule has 1 amide bonds. The van der Waals surface area contributed by atoms with Crippen molar-refractivity contribution in [3.8, 4) is 0 Å². The highest BCUT2D eigenvalue weighted by Gasteiger charge is 2.22. The molecule has 1 aliphatic rings. The van der Waals surface area contributed by atoms with E-state index in [4.69, 9.17) is 11.6 Å². The first-order chi connectivity index (χ1) is 10.7. The molecular weight excluding hydrogens is 298 g/mol. The number of nitrogens with zero attached hydrogens (tertiary/aromatic N) is 1. The third-order valence-electron chi connectivity index (χ3n) is 3.53. The fourth-order valence-electron chi connectivity index (χ4n) is 2.19. The number of carbonyl (C=O) groups is 1. The average molecular weight is 316 g/mol. The molecule has 0 spiro atoms. The van der Waals surface area contributed by atoms with Crippen LogP contribution in [-0.2, 0) is 11.2 Å². The van der Waals surface area contributed by atoms with E-state index in [1.165, 1.54) is 12.8 Å². The Labute approximate surface area is 134 Å². The van der Waals surface area contributed by atoms with Crippen LogP contribution in [0.3, 0.4) is 0 Å². The quantitative estimate of drug-likeness (QED) is 0.850. The van der Waals surface area contributed by atoms with E-state index < -0.39 is 0 Å². The summed E-state index contributed by atoms with van der Waals surface area (Å²) in [7, 11) is 0. The number of carbonyl (C=O) groups excluding carboxylic acids is 1. The van der Waals surface area contributed by atoms with Gasteiger partial charge >= 0.3 is 0 Å². The Morgan fingerprint density at radius 3 is 2.82 bits per heavy atom. The van der Waals surface area contributed by atoms with Gasteiger partial charge in [-0.1, -0.05) is 17.7 Å². The van der Waals surface area contributed by atoms with Gasteiger partial charge in [-0.25, -0.2) is 0 Å². The molecule has 0 atom stereocenters. The molecule has 0 saturated heterocycles. The zero-order chi connectivity index (χ0) is 15.4. The Morgan fingerprint density at radius 1 is 1.23 bits per heavy atom. The number of aryl methyl sites for hydroxylation is 1. The lowest BCUT2D eigenvalue weighted by atomic mass is 10.2. The summed E-state index contributed by atoms with van der Waals surface area (Å²) in [6.07, 6.45) is 5.11. The first kappa shape index (κ1) is 14.9. The summed E-state index contributed by atoms with van der Waals surface area (Å²) < 4.78 is 0. The Morgan fingerprint density at radius 2 is 2.09 bits per heavy atom. The maximum absolute atomic E-state index is 12.1. The van der Waals surface area contributed by atoms with E-state index in [0.29, 0.717) is 23.9 Å². The number of hydrogen-bond acceptors (Lipinski definition) is 3. The molecule has 0 bridgehead atoms. The van der Waals surface area contributed by atoms with Crippen LogP contribution in [0.15, 0.2) is 42.6 Å². The number of benzene rings is 1. The van der Waals surface area contributed by atoms with Crippen LogP contribution < -0.4 is 10.6 Å². The van der Waals surface area contributed by atoms with Crippen molar-refractivity contribution in [2.45, 2.75) is 31.7 Å². The molecule has 4 nitrogen and oxygen atoms in total. The molecule has 1 aromatic heterocycles. The van der Waals surface area contributed by atoms with Gasteiger partial charge in [-0.15, -0.1) is 0 Å². The van der Waals surface area contributed by atoms with Crippen molar-refractivity contribution < 1.29 is 4.79 Å². The Balaban J connectivity index is 1.61. The van der Waals surface area contributed by atoms with Crippen molar-refractivity contribution in [3.05, 3.63) is 53.3 Å². The molecule has 0 radical (unpaired) electrons. The molecule has 1 heterocycles. The largest absolute Gasteiger partial charge is 0.381 e. The van der Waals surface area contributed by atoms with Crippen molar-refractivity contribution in [2.24, 2.45) is 0 Å². The summed E-state index contributed by atoms with van der Waals surface area (Å²) in [6, 6.07) is 11.8. The summed E-state index contributed by atoms with van der Waals surface area (Å²) in [5.41, 5.74) is 2.59. The van der Waals surface area contributed by atoms with Crippen molar-refractivity contribution in [1.82, 2.24) is 4.98 Å². The Hall–Kier alpha value is -2.07. The molecule has 22 heavy (non-hydrogen) atoms. The van der Waals surface area contributed by atoms with Gasteiger partial charge in [-0.2, -0.15) is 0 Å². The fourth-order valence-corrected chi connectivity index (χ4v) is 2.37. The Kier molecular flexibility index (Phi) is 4.59. The predicted octanol–water partition coefficient (Wildman–Crippen LogP) is 3.88.